The SMILES string of the molecule is CNC(=O)NC(=O)[C@H](C)Sc1nnc2c(Cl)cc(Cl)cn12. The van der Waals surface area contributed by atoms with Crippen LogP contribution in [0.4, 0.5) is 4.79 Å². The molecule has 2 aromatic rings. The first kappa shape index (κ1) is 15.9. The second-order valence-electron chi connectivity index (χ2n) is 4.01. The molecule has 0 spiro atoms. The first-order valence-electron chi connectivity index (χ1n) is 5.81. The van der Waals surface area contributed by atoms with Crippen molar-refractivity contribution in [1.82, 2.24) is 25.2 Å². The molecule has 0 aliphatic rings. The van der Waals surface area contributed by atoms with E-state index < -0.39 is 17.2 Å². The molecule has 1 atom stereocenters. The molecule has 10 heteroatoms. The average molecular weight is 348 g/mol. The number of hydrogen-bond donors (Lipinski definition) is 2. The number of thioether (sulfide) groups is 1. The third-order valence-corrected chi connectivity index (χ3v) is 4.05. The van der Waals surface area contributed by atoms with E-state index in [0.29, 0.717) is 20.8 Å². The summed E-state index contributed by atoms with van der Waals surface area (Å²) in [5, 5.41) is 13.1. The van der Waals surface area contributed by atoms with Crippen LogP contribution in [0.25, 0.3) is 5.65 Å². The minimum absolute atomic E-state index is 0.365. The summed E-state index contributed by atoms with van der Waals surface area (Å²) in [4.78, 5) is 22.9. The van der Waals surface area contributed by atoms with E-state index in [9.17, 15) is 9.59 Å². The zero-order chi connectivity index (χ0) is 15.6. The lowest BCUT2D eigenvalue weighted by atomic mass is 10.4. The first-order valence-corrected chi connectivity index (χ1v) is 7.45. The molecule has 0 radical (unpaired) electrons. The molecule has 0 aromatic carbocycles. The number of fused-ring (bicyclic) bond motifs is 1. The number of carbonyl (C=O) groups is 2. The van der Waals surface area contributed by atoms with Crippen molar-refractivity contribution in [3.63, 3.8) is 0 Å². The van der Waals surface area contributed by atoms with Gasteiger partial charge in [0.05, 0.1) is 15.3 Å². The Morgan fingerprint density at radius 3 is 2.76 bits per heavy atom. The van der Waals surface area contributed by atoms with Gasteiger partial charge in [0, 0.05) is 13.2 Å². The monoisotopic (exact) mass is 347 g/mol. The van der Waals surface area contributed by atoms with Crippen LogP contribution in [0.3, 0.4) is 0 Å². The zero-order valence-electron chi connectivity index (χ0n) is 11.1. The number of carbonyl (C=O) groups excluding carboxylic acids is 2. The number of pyridine rings is 1. The van der Waals surface area contributed by atoms with Gasteiger partial charge in [-0.25, -0.2) is 4.79 Å². The second-order valence-corrected chi connectivity index (χ2v) is 6.16. The fraction of sp³-hybridized carbons (Fsp3) is 0.273. The van der Waals surface area contributed by atoms with Gasteiger partial charge in [-0.1, -0.05) is 35.0 Å². The average Bonchev–Trinajstić information content (AvgIpc) is 2.81. The summed E-state index contributed by atoms with van der Waals surface area (Å²) >= 11 is 13.1. The van der Waals surface area contributed by atoms with E-state index in [1.165, 1.54) is 7.05 Å². The van der Waals surface area contributed by atoms with Gasteiger partial charge in [0.25, 0.3) is 0 Å². The molecule has 3 amide bonds. The molecule has 21 heavy (non-hydrogen) atoms. The third-order valence-electron chi connectivity index (χ3n) is 2.51. The van der Waals surface area contributed by atoms with Crippen LogP contribution >= 0.6 is 35.0 Å². The molecule has 112 valence electrons. The molecule has 2 N–H and O–H groups in total. The molecule has 2 aromatic heterocycles. The molecule has 7 nitrogen and oxygen atoms in total. The van der Waals surface area contributed by atoms with Gasteiger partial charge in [0.15, 0.2) is 10.8 Å². The summed E-state index contributed by atoms with van der Waals surface area (Å²) in [7, 11) is 1.43. The summed E-state index contributed by atoms with van der Waals surface area (Å²) in [5.41, 5.74) is 0.447. The maximum atomic E-state index is 11.8. The topological polar surface area (TPSA) is 88.4 Å². The Labute approximate surface area is 134 Å². The highest BCUT2D eigenvalue weighted by Gasteiger charge is 2.20. The number of halogens is 2. The minimum Gasteiger partial charge on any atom is -0.341 e. The van der Waals surface area contributed by atoms with Crippen LogP contribution in [0.1, 0.15) is 6.92 Å². The largest absolute Gasteiger partial charge is 0.341 e. The van der Waals surface area contributed by atoms with Gasteiger partial charge < -0.3 is 5.32 Å². The van der Waals surface area contributed by atoms with Crippen LogP contribution < -0.4 is 10.6 Å². The number of nitrogens with one attached hydrogen (secondary N) is 2. The number of aromatic nitrogens is 3. The molecule has 0 unspecified atom stereocenters. The Kier molecular flexibility index (Phi) is 4.92. The highest BCUT2D eigenvalue weighted by atomic mass is 35.5. The number of imide groups is 1. The molecule has 0 aliphatic heterocycles. The maximum Gasteiger partial charge on any atom is 0.321 e. The molecule has 0 saturated heterocycles. The van der Waals surface area contributed by atoms with E-state index in [2.05, 4.69) is 20.8 Å². The predicted molar refractivity (Wildman–Crippen MR) is 80.9 cm³/mol. The fourth-order valence-corrected chi connectivity index (χ4v) is 2.80. The molecule has 0 aliphatic carbocycles. The molecular formula is C11H11Cl2N5O2S. The molecule has 0 fully saturated rings. The quantitative estimate of drug-likeness (QED) is 0.828. The van der Waals surface area contributed by atoms with Gasteiger partial charge in [-0.2, -0.15) is 0 Å². The van der Waals surface area contributed by atoms with Gasteiger partial charge in [0.1, 0.15) is 0 Å². The van der Waals surface area contributed by atoms with E-state index in [1.807, 2.05) is 0 Å². The van der Waals surface area contributed by atoms with Gasteiger partial charge in [-0.3, -0.25) is 14.5 Å². The van der Waals surface area contributed by atoms with Crippen LogP contribution in [0.15, 0.2) is 17.4 Å². The Morgan fingerprint density at radius 2 is 2.10 bits per heavy atom. The van der Waals surface area contributed by atoms with Crippen molar-refractivity contribution in [2.75, 3.05) is 7.05 Å². The third kappa shape index (κ3) is 3.58. The van der Waals surface area contributed by atoms with Crippen molar-refractivity contribution in [2.24, 2.45) is 0 Å². The summed E-state index contributed by atoms with van der Waals surface area (Å²) < 4.78 is 1.60. The zero-order valence-corrected chi connectivity index (χ0v) is 13.4. The molecular weight excluding hydrogens is 337 g/mol. The van der Waals surface area contributed by atoms with Crippen molar-refractivity contribution < 1.29 is 9.59 Å². The van der Waals surface area contributed by atoms with E-state index in [-0.39, 0.29) is 0 Å². The van der Waals surface area contributed by atoms with E-state index in [4.69, 9.17) is 23.2 Å². The van der Waals surface area contributed by atoms with Crippen molar-refractivity contribution >= 4 is 52.5 Å². The van der Waals surface area contributed by atoms with E-state index in [0.717, 1.165) is 11.8 Å². The molecule has 0 bridgehead atoms. The minimum atomic E-state index is -0.565. The number of amides is 3. The summed E-state index contributed by atoms with van der Waals surface area (Å²) in [6.07, 6.45) is 1.61. The Bertz CT molecular complexity index is 705. The van der Waals surface area contributed by atoms with Crippen LogP contribution in [0, 0.1) is 0 Å². The summed E-state index contributed by atoms with van der Waals surface area (Å²) in [6, 6.07) is 0.994. The number of rotatable bonds is 3. The first-order chi connectivity index (χ1) is 9.92. The summed E-state index contributed by atoms with van der Waals surface area (Å²) in [6.45, 7) is 1.65. The second kappa shape index (κ2) is 6.50. The number of urea groups is 1. The smallest absolute Gasteiger partial charge is 0.321 e. The lowest BCUT2D eigenvalue weighted by molar-refractivity contribution is -0.119. The van der Waals surface area contributed by atoms with Crippen LogP contribution in [-0.2, 0) is 4.79 Å². The normalized spacial score (nSPS) is 12.2. The predicted octanol–water partition coefficient (Wildman–Crippen LogP) is 1.97. The molecule has 2 heterocycles. The Hall–Kier alpha value is -1.51. The van der Waals surface area contributed by atoms with Gasteiger partial charge in [-0.05, 0) is 13.0 Å². The highest BCUT2D eigenvalue weighted by molar-refractivity contribution is 8.00. The summed E-state index contributed by atoms with van der Waals surface area (Å²) in [5.74, 6) is -0.441. The standard InChI is InChI=1S/C11H11Cl2N5O2S/c1-5(9(19)15-10(20)14-2)21-11-17-16-8-7(13)3-6(12)4-18(8)11/h3-5H,1-2H3,(H2,14,15,19,20)/t5-/m0/s1. The molecule has 2 rings (SSSR count). The Morgan fingerprint density at radius 1 is 1.38 bits per heavy atom. The van der Waals surface area contributed by atoms with Gasteiger partial charge >= 0.3 is 6.03 Å². The lowest BCUT2D eigenvalue weighted by Crippen LogP contribution is -2.41. The van der Waals surface area contributed by atoms with E-state index >= 15 is 0 Å². The highest BCUT2D eigenvalue weighted by Crippen LogP contribution is 2.27. The maximum absolute atomic E-state index is 11.8. The van der Waals surface area contributed by atoms with Crippen molar-refractivity contribution in [2.45, 2.75) is 17.3 Å². The van der Waals surface area contributed by atoms with Gasteiger partial charge in [0.2, 0.25) is 5.91 Å². The van der Waals surface area contributed by atoms with Crippen LogP contribution in [0.2, 0.25) is 10.0 Å². The van der Waals surface area contributed by atoms with Crippen LogP contribution in [0.5, 0.6) is 0 Å². The fourth-order valence-electron chi connectivity index (χ4n) is 1.47. The lowest BCUT2D eigenvalue weighted by Gasteiger charge is -2.09. The number of hydrogen-bond acceptors (Lipinski definition) is 5. The van der Waals surface area contributed by atoms with Crippen molar-refractivity contribution in [3.8, 4) is 0 Å². The number of nitrogens with zero attached hydrogens (tertiary/aromatic N) is 3. The molecule has 0 saturated carbocycles. The van der Waals surface area contributed by atoms with Crippen molar-refractivity contribution in [3.05, 3.63) is 22.3 Å². The van der Waals surface area contributed by atoms with Gasteiger partial charge in [-0.15, -0.1) is 10.2 Å². The van der Waals surface area contributed by atoms with Crippen molar-refractivity contribution in [1.29, 1.82) is 0 Å². The van der Waals surface area contributed by atoms with E-state index in [1.54, 1.807) is 23.6 Å². The Balaban J connectivity index is 2.20. The van der Waals surface area contributed by atoms with Crippen LogP contribution in [-0.4, -0.2) is 38.8 Å².